The van der Waals surface area contributed by atoms with Crippen molar-refractivity contribution in [1.29, 1.82) is 0 Å². The molecule has 3 N–H and O–H groups in total. The number of carbonyl (C=O) groups is 2. The van der Waals surface area contributed by atoms with Gasteiger partial charge in [0.15, 0.2) is 0 Å². The van der Waals surface area contributed by atoms with Gasteiger partial charge in [0.05, 0.1) is 12.0 Å². The molecule has 0 saturated heterocycles. The molecule has 1 amide bonds. The summed E-state index contributed by atoms with van der Waals surface area (Å²) in [7, 11) is 0. The lowest BCUT2D eigenvalue weighted by Gasteiger charge is -2.08. The number of carboxylic acid groups (broad SMARTS) is 1. The van der Waals surface area contributed by atoms with E-state index in [1.807, 2.05) is 0 Å². The van der Waals surface area contributed by atoms with E-state index < -0.39 is 5.97 Å². The van der Waals surface area contributed by atoms with Gasteiger partial charge in [0.1, 0.15) is 0 Å². The maximum absolute atomic E-state index is 11.8. The Labute approximate surface area is 118 Å². The Morgan fingerprint density at radius 3 is 2.65 bits per heavy atom. The summed E-state index contributed by atoms with van der Waals surface area (Å²) in [5.41, 5.74) is 0.742. The summed E-state index contributed by atoms with van der Waals surface area (Å²) >= 11 is 0. The summed E-state index contributed by atoms with van der Waals surface area (Å²) < 4.78 is 0. The molecule has 1 saturated carbocycles. The van der Waals surface area contributed by atoms with Gasteiger partial charge in [0.2, 0.25) is 5.91 Å². The lowest BCUT2D eigenvalue weighted by Crippen LogP contribution is -2.29. The SMILES string of the molecule is O=C(Cc1ccccc1C(=O)O)NCCCNC1CC1. The van der Waals surface area contributed by atoms with Crippen LogP contribution >= 0.6 is 0 Å². The highest BCUT2D eigenvalue weighted by Gasteiger charge is 2.19. The van der Waals surface area contributed by atoms with Crippen molar-refractivity contribution in [2.45, 2.75) is 31.7 Å². The minimum Gasteiger partial charge on any atom is -0.478 e. The summed E-state index contributed by atoms with van der Waals surface area (Å²) in [6.07, 6.45) is 3.53. The highest BCUT2D eigenvalue weighted by Crippen LogP contribution is 2.18. The van der Waals surface area contributed by atoms with Gasteiger partial charge in [-0.15, -0.1) is 0 Å². The molecule has 1 fully saturated rings. The largest absolute Gasteiger partial charge is 0.478 e. The van der Waals surface area contributed by atoms with Crippen LogP contribution < -0.4 is 10.6 Å². The normalized spacial score (nSPS) is 14.0. The zero-order valence-corrected chi connectivity index (χ0v) is 11.4. The highest BCUT2D eigenvalue weighted by molar-refractivity contribution is 5.91. The van der Waals surface area contributed by atoms with Crippen LogP contribution in [0.2, 0.25) is 0 Å². The third-order valence-corrected chi connectivity index (χ3v) is 3.28. The third kappa shape index (κ3) is 4.66. The smallest absolute Gasteiger partial charge is 0.335 e. The van der Waals surface area contributed by atoms with E-state index in [9.17, 15) is 9.59 Å². The molecular weight excluding hydrogens is 256 g/mol. The van der Waals surface area contributed by atoms with Crippen molar-refractivity contribution in [2.24, 2.45) is 0 Å². The number of carbonyl (C=O) groups excluding carboxylic acids is 1. The second kappa shape index (κ2) is 7.05. The van der Waals surface area contributed by atoms with E-state index in [-0.39, 0.29) is 17.9 Å². The fourth-order valence-corrected chi connectivity index (χ4v) is 2.03. The first-order valence-corrected chi connectivity index (χ1v) is 6.98. The molecule has 5 nitrogen and oxygen atoms in total. The van der Waals surface area contributed by atoms with Crippen molar-refractivity contribution in [3.05, 3.63) is 35.4 Å². The molecule has 5 heteroatoms. The van der Waals surface area contributed by atoms with Gasteiger partial charge in [-0.25, -0.2) is 4.79 Å². The number of aromatic carboxylic acids is 1. The van der Waals surface area contributed by atoms with Gasteiger partial charge in [-0.05, 0) is 37.4 Å². The fourth-order valence-electron chi connectivity index (χ4n) is 2.03. The van der Waals surface area contributed by atoms with E-state index >= 15 is 0 Å². The zero-order valence-electron chi connectivity index (χ0n) is 11.4. The Hall–Kier alpha value is -1.88. The van der Waals surface area contributed by atoms with Crippen LogP contribution in [0.5, 0.6) is 0 Å². The molecular formula is C15H20N2O3. The van der Waals surface area contributed by atoms with Gasteiger partial charge < -0.3 is 15.7 Å². The first-order valence-electron chi connectivity index (χ1n) is 6.98. The van der Waals surface area contributed by atoms with Gasteiger partial charge in [-0.1, -0.05) is 18.2 Å². The number of hydrogen-bond donors (Lipinski definition) is 3. The van der Waals surface area contributed by atoms with Crippen LogP contribution in [0.1, 0.15) is 35.2 Å². The lowest BCUT2D eigenvalue weighted by molar-refractivity contribution is -0.120. The summed E-state index contributed by atoms with van der Waals surface area (Å²) in [6.45, 7) is 1.53. The van der Waals surface area contributed by atoms with Crippen LogP contribution in [0.15, 0.2) is 24.3 Å². The number of rotatable bonds is 8. The molecule has 0 bridgehead atoms. The van der Waals surface area contributed by atoms with Crippen LogP contribution in [0, 0.1) is 0 Å². The Kier molecular flexibility index (Phi) is 5.12. The maximum atomic E-state index is 11.8. The fraction of sp³-hybridized carbons (Fsp3) is 0.467. The molecule has 108 valence electrons. The van der Waals surface area contributed by atoms with Crippen molar-refractivity contribution in [2.75, 3.05) is 13.1 Å². The standard InChI is InChI=1S/C15H20N2O3/c18-14(17-9-3-8-16-12-6-7-12)10-11-4-1-2-5-13(11)15(19)20/h1-2,4-5,12,16H,3,6-10H2,(H,17,18)(H,19,20). The molecule has 2 rings (SSSR count). The van der Waals surface area contributed by atoms with Crippen molar-refractivity contribution in [1.82, 2.24) is 10.6 Å². The minimum absolute atomic E-state index is 0.110. The maximum Gasteiger partial charge on any atom is 0.335 e. The molecule has 20 heavy (non-hydrogen) atoms. The van der Waals surface area contributed by atoms with Gasteiger partial charge in [-0.2, -0.15) is 0 Å². The first kappa shape index (κ1) is 14.5. The van der Waals surface area contributed by atoms with E-state index in [1.54, 1.807) is 18.2 Å². The average Bonchev–Trinajstić information content (AvgIpc) is 3.23. The average molecular weight is 276 g/mol. The molecule has 0 spiro atoms. The van der Waals surface area contributed by atoms with Crippen molar-refractivity contribution in [3.63, 3.8) is 0 Å². The van der Waals surface area contributed by atoms with Crippen LogP contribution in [0.25, 0.3) is 0 Å². The molecule has 1 aliphatic rings. The summed E-state index contributed by atoms with van der Waals surface area (Å²) in [5, 5.41) is 15.2. The Morgan fingerprint density at radius 1 is 1.20 bits per heavy atom. The van der Waals surface area contributed by atoms with Crippen molar-refractivity contribution < 1.29 is 14.7 Å². The molecule has 0 aliphatic heterocycles. The van der Waals surface area contributed by atoms with E-state index in [2.05, 4.69) is 10.6 Å². The van der Waals surface area contributed by atoms with Gasteiger partial charge in [0.25, 0.3) is 0 Å². The van der Waals surface area contributed by atoms with Crippen molar-refractivity contribution in [3.8, 4) is 0 Å². The predicted octanol–water partition coefficient (Wildman–Crippen LogP) is 1.19. The number of benzene rings is 1. The van der Waals surface area contributed by atoms with Crippen LogP contribution in [0.3, 0.4) is 0 Å². The monoisotopic (exact) mass is 276 g/mol. The highest BCUT2D eigenvalue weighted by atomic mass is 16.4. The molecule has 0 radical (unpaired) electrons. The van der Waals surface area contributed by atoms with Gasteiger partial charge in [-0.3, -0.25) is 4.79 Å². The molecule has 1 aromatic rings. The third-order valence-electron chi connectivity index (χ3n) is 3.28. The minimum atomic E-state index is -0.998. The topological polar surface area (TPSA) is 78.4 Å². The van der Waals surface area contributed by atoms with E-state index in [1.165, 1.54) is 18.9 Å². The molecule has 0 heterocycles. The van der Waals surface area contributed by atoms with E-state index in [0.717, 1.165) is 13.0 Å². The first-order chi connectivity index (χ1) is 9.66. The van der Waals surface area contributed by atoms with Gasteiger partial charge in [0, 0.05) is 12.6 Å². The number of hydrogen-bond acceptors (Lipinski definition) is 3. The Bertz CT molecular complexity index is 484. The molecule has 0 aromatic heterocycles. The van der Waals surface area contributed by atoms with Crippen LogP contribution in [-0.2, 0) is 11.2 Å². The summed E-state index contributed by atoms with van der Waals surface area (Å²) in [6, 6.07) is 7.29. The Balaban J connectivity index is 1.71. The van der Waals surface area contributed by atoms with Crippen LogP contribution in [-0.4, -0.2) is 36.1 Å². The van der Waals surface area contributed by atoms with Gasteiger partial charge >= 0.3 is 5.97 Å². The number of nitrogens with one attached hydrogen (secondary N) is 2. The quantitative estimate of drug-likeness (QED) is 0.623. The number of amides is 1. The number of carboxylic acids is 1. The van der Waals surface area contributed by atoms with E-state index in [0.29, 0.717) is 18.2 Å². The second-order valence-corrected chi connectivity index (χ2v) is 5.07. The summed E-state index contributed by atoms with van der Waals surface area (Å²) in [4.78, 5) is 22.8. The molecule has 0 atom stereocenters. The molecule has 0 unspecified atom stereocenters. The zero-order chi connectivity index (χ0) is 14.4. The molecule has 1 aliphatic carbocycles. The predicted molar refractivity (Wildman–Crippen MR) is 75.8 cm³/mol. The summed E-state index contributed by atoms with van der Waals surface area (Å²) in [5.74, 6) is -1.13. The van der Waals surface area contributed by atoms with Crippen molar-refractivity contribution >= 4 is 11.9 Å². The Morgan fingerprint density at radius 2 is 1.95 bits per heavy atom. The second-order valence-electron chi connectivity index (χ2n) is 5.07. The lowest BCUT2D eigenvalue weighted by atomic mass is 10.0. The molecule has 1 aromatic carbocycles. The van der Waals surface area contributed by atoms with E-state index in [4.69, 9.17) is 5.11 Å². The van der Waals surface area contributed by atoms with Crippen LogP contribution in [0.4, 0.5) is 0 Å².